The predicted molar refractivity (Wildman–Crippen MR) is 109 cm³/mol. The first-order valence-electron chi connectivity index (χ1n) is 8.44. The Kier molecular flexibility index (Phi) is 4.94. The molecular weight excluding hydrogens is 432 g/mol. The summed E-state index contributed by atoms with van der Waals surface area (Å²) < 4.78 is 2.26. The van der Waals surface area contributed by atoms with E-state index in [1.807, 2.05) is 12.1 Å². The molecule has 3 heterocycles. The van der Waals surface area contributed by atoms with Gasteiger partial charge in [0.1, 0.15) is 16.0 Å². The maximum atomic E-state index is 11.9. The first-order valence-corrected chi connectivity index (χ1v) is 9.61. The van der Waals surface area contributed by atoms with Crippen LogP contribution in [-0.4, -0.2) is 39.1 Å². The number of fused-ring (bicyclic) bond motifs is 1. The standard InChI is InChI=1S/C18H16BrClN6O/c19-15-14(10-3-5-11(20)6-4-10)25-18-17(24-12-2-1-7-22-8-12)23-9-13(16(21)27)26(15)18/h3-6,9,22H,1-2,7-8H2,(H2,21,27)/b24-12+. The van der Waals surface area contributed by atoms with E-state index in [0.717, 1.165) is 37.2 Å². The van der Waals surface area contributed by atoms with Gasteiger partial charge < -0.3 is 11.1 Å². The highest BCUT2D eigenvalue weighted by atomic mass is 79.9. The number of nitrogens with zero attached hydrogens (tertiary/aromatic N) is 4. The van der Waals surface area contributed by atoms with Crippen molar-refractivity contribution in [3.05, 3.63) is 45.8 Å². The number of nitrogens with two attached hydrogens (primary N) is 1. The van der Waals surface area contributed by atoms with Gasteiger partial charge in [0.05, 0.1) is 6.20 Å². The van der Waals surface area contributed by atoms with Gasteiger partial charge in [-0.05, 0) is 47.4 Å². The fraction of sp³-hybridized carbons (Fsp3) is 0.222. The van der Waals surface area contributed by atoms with Crippen molar-refractivity contribution < 1.29 is 4.79 Å². The predicted octanol–water partition coefficient (Wildman–Crippen LogP) is 3.37. The van der Waals surface area contributed by atoms with Gasteiger partial charge in [-0.2, -0.15) is 0 Å². The summed E-state index contributed by atoms with van der Waals surface area (Å²) in [5, 5.41) is 3.93. The zero-order chi connectivity index (χ0) is 19.0. The summed E-state index contributed by atoms with van der Waals surface area (Å²) in [6, 6.07) is 7.30. The summed E-state index contributed by atoms with van der Waals surface area (Å²) in [5.41, 5.74) is 8.76. The van der Waals surface area contributed by atoms with Crippen LogP contribution in [0.15, 0.2) is 40.1 Å². The zero-order valence-electron chi connectivity index (χ0n) is 14.2. The van der Waals surface area contributed by atoms with Crippen molar-refractivity contribution in [3.8, 4) is 11.3 Å². The first-order chi connectivity index (χ1) is 13.0. The fourth-order valence-electron chi connectivity index (χ4n) is 3.04. The van der Waals surface area contributed by atoms with E-state index in [2.05, 4.69) is 31.2 Å². The molecule has 0 radical (unpaired) electrons. The second-order valence-corrected chi connectivity index (χ2v) is 7.39. The van der Waals surface area contributed by atoms with Gasteiger partial charge in [-0.25, -0.2) is 15.0 Å². The lowest BCUT2D eigenvalue weighted by Gasteiger charge is -2.14. The molecule has 9 heteroatoms. The summed E-state index contributed by atoms with van der Waals surface area (Å²) in [4.78, 5) is 25.6. The van der Waals surface area contributed by atoms with Crippen molar-refractivity contribution >= 4 is 50.6 Å². The molecule has 4 rings (SSSR count). The van der Waals surface area contributed by atoms with Gasteiger partial charge in [-0.1, -0.05) is 23.7 Å². The molecule has 1 fully saturated rings. The Bertz CT molecular complexity index is 1050. The van der Waals surface area contributed by atoms with Gasteiger partial charge in [0.2, 0.25) is 0 Å². The number of aromatic nitrogens is 3. The van der Waals surface area contributed by atoms with Crippen LogP contribution in [0.25, 0.3) is 16.9 Å². The van der Waals surface area contributed by atoms with Crippen LogP contribution >= 0.6 is 27.5 Å². The van der Waals surface area contributed by atoms with Gasteiger partial charge in [0, 0.05) is 22.8 Å². The minimum atomic E-state index is -0.591. The Hall–Kier alpha value is -2.29. The summed E-state index contributed by atoms with van der Waals surface area (Å²) in [6.45, 7) is 1.70. The highest BCUT2D eigenvalue weighted by molar-refractivity contribution is 9.10. The molecule has 0 bridgehead atoms. The van der Waals surface area contributed by atoms with Crippen LogP contribution in [0.3, 0.4) is 0 Å². The number of nitrogens with one attached hydrogen (secondary N) is 1. The molecule has 1 aromatic carbocycles. The number of halogens is 2. The van der Waals surface area contributed by atoms with Crippen molar-refractivity contribution in [3.63, 3.8) is 0 Å². The van der Waals surface area contributed by atoms with Crippen LogP contribution in [0.1, 0.15) is 23.3 Å². The van der Waals surface area contributed by atoms with Crippen molar-refractivity contribution in [2.45, 2.75) is 12.8 Å². The fourth-order valence-corrected chi connectivity index (χ4v) is 3.84. The molecule has 0 aliphatic carbocycles. The number of carbonyl (C=O) groups excluding carboxylic acids is 1. The van der Waals surface area contributed by atoms with E-state index in [1.165, 1.54) is 6.20 Å². The number of piperidine rings is 1. The minimum absolute atomic E-state index is 0.232. The number of benzene rings is 1. The van der Waals surface area contributed by atoms with E-state index in [-0.39, 0.29) is 5.69 Å². The Morgan fingerprint density at radius 1 is 1.33 bits per heavy atom. The zero-order valence-corrected chi connectivity index (χ0v) is 16.6. The van der Waals surface area contributed by atoms with Crippen molar-refractivity contribution in [2.75, 3.05) is 13.1 Å². The third kappa shape index (κ3) is 3.47. The molecule has 1 amide bonds. The van der Waals surface area contributed by atoms with Crippen LogP contribution in [0, 0.1) is 0 Å². The average Bonchev–Trinajstić information content (AvgIpc) is 3.01. The molecular formula is C18H16BrClN6O. The van der Waals surface area contributed by atoms with Crippen LogP contribution in [0.2, 0.25) is 5.02 Å². The second-order valence-electron chi connectivity index (χ2n) is 6.21. The molecule has 1 saturated heterocycles. The molecule has 0 unspecified atom stereocenters. The van der Waals surface area contributed by atoms with Crippen LogP contribution in [0.5, 0.6) is 0 Å². The number of primary amides is 1. The molecule has 27 heavy (non-hydrogen) atoms. The maximum absolute atomic E-state index is 11.9. The number of hydrogen-bond donors (Lipinski definition) is 2. The first kappa shape index (κ1) is 18.1. The number of amides is 1. The van der Waals surface area contributed by atoms with Crippen molar-refractivity contribution in [2.24, 2.45) is 10.7 Å². The van der Waals surface area contributed by atoms with Crippen LogP contribution < -0.4 is 11.1 Å². The lowest BCUT2D eigenvalue weighted by molar-refractivity contribution is 0.0994. The molecule has 0 spiro atoms. The van der Waals surface area contributed by atoms with Gasteiger partial charge in [0.15, 0.2) is 11.5 Å². The molecule has 0 saturated carbocycles. The van der Waals surface area contributed by atoms with Crippen LogP contribution in [0.4, 0.5) is 5.82 Å². The summed E-state index contributed by atoms with van der Waals surface area (Å²) >= 11 is 9.54. The lowest BCUT2D eigenvalue weighted by Crippen LogP contribution is -2.29. The normalized spacial score (nSPS) is 16.1. The Balaban J connectivity index is 1.93. The highest BCUT2D eigenvalue weighted by Gasteiger charge is 2.21. The van der Waals surface area contributed by atoms with Crippen LogP contribution in [-0.2, 0) is 0 Å². The third-order valence-electron chi connectivity index (χ3n) is 4.35. The number of hydrogen-bond acceptors (Lipinski definition) is 5. The van der Waals surface area contributed by atoms with E-state index in [9.17, 15) is 4.79 Å². The van der Waals surface area contributed by atoms with Gasteiger partial charge >= 0.3 is 0 Å². The number of carbonyl (C=O) groups is 1. The largest absolute Gasteiger partial charge is 0.364 e. The van der Waals surface area contributed by atoms with E-state index in [0.29, 0.717) is 26.8 Å². The topological polar surface area (TPSA) is 97.7 Å². The van der Waals surface area contributed by atoms with E-state index < -0.39 is 5.91 Å². The molecule has 3 aromatic rings. The highest BCUT2D eigenvalue weighted by Crippen LogP contribution is 2.33. The molecule has 1 aliphatic heterocycles. The summed E-state index contributed by atoms with van der Waals surface area (Å²) in [6.07, 6.45) is 3.37. The smallest absolute Gasteiger partial charge is 0.267 e. The SMILES string of the molecule is NC(=O)c1cnc(/N=C2\CCCNC2)c2nc(-c3ccc(Cl)cc3)c(Br)n12. The molecule has 7 nitrogen and oxygen atoms in total. The lowest BCUT2D eigenvalue weighted by atomic mass is 10.1. The molecule has 3 N–H and O–H groups in total. The quantitative estimate of drug-likeness (QED) is 0.643. The van der Waals surface area contributed by atoms with E-state index in [4.69, 9.17) is 22.3 Å². The third-order valence-corrected chi connectivity index (χ3v) is 5.34. The minimum Gasteiger partial charge on any atom is -0.364 e. The summed E-state index contributed by atoms with van der Waals surface area (Å²) in [7, 11) is 0. The van der Waals surface area contributed by atoms with Crippen molar-refractivity contribution in [1.82, 2.24) is 19.7 Å². The number of imidazole rings is 1. The second kappa shape index (κ2) is 7.38. The van der Waals surface area contributed by atoms with Gasteiger partial charge in [-0.3, -0.25) is 9.20 Å². The number of aliphatic imine (C=N–C) groups is 1. The molecule has 138 valence electrons. The molecule has 0 atom stereocenters. The maximum Gasteiger partial charge on any atom is 0.267 e. The summed E-state index contributed by atoms with van der Waals surface area (Å²) in [5.74, 6) is -0.133. The monoisotopic (exact) mass is 446 g/mol. The Morgan fingerprint density at radius 2 is 2.11 bits per heavy atom. The van der Waals surface area contributed by atoms with E-state index in [1.54, 1.807) is 16.5 Å². The van der Waals surface area contributed by atoms with Crippen molar-refractivity contribution in [1.29, 1.82) is 0 Å². The molecule has 2 aromatic heterocycles. The molecule has 1 aliphatic rings. The Labute approximate surface area is 168 Å². The van der Waals surface area contributed by atoms with Gasteiger partial charge in [-0.15, -0.1) is 0 Å². The average molecular weight is 448 g/mol. The number of rotatable bonds is 3. The van der Waals surface area contributed by atoms with Gasteiger partial charge in [0.25, 0.3) is 5.91 Å². The van der Waals surface area contributed by atoms with E-state index >= 15 is 0 Å². The Morgan fingerprint density at radius 3 is 2.78 bits per heavy atom.